The Balaban J connectivity index is 0.00000181. The van der Waals surface area contributed by atoms with Crippen molar-refractivity contribution in [3.05, 3.63) is 70.5 Å². The summed E-state index contributed by atoms with van der Waals surface area (Å²) in [5.41, 5.74) is 8.93. The van der Waals surface area contributed by atoms with E-state index in [4.69, 9.17) is 5.73 Å². The number of aromatic amines is 1. The first-order valence-electron chi connectivity index (χ1n) is 13.1. The third kappa shape index (κ3) is 6.89. The fraction of sp³-hybridized carbons (Fsp3) is 0.345. The van der Waals surface area contributed by atoms with Crippen LogP contribution < -0.4 is 11.1 Å². The number of H-pyrrole nitrogens is 1. The topological polar surface area (TPSA) is 99.0 Å². The Labute approximate surface area is 231 Å². The van der Waals surface area contributed by atoms with Gasteiger partial charge in [0.1, 0.15) is 5.69 Å². The Bertz CT molecular complexity index is 1530. The molecule has 210 valence electrons. The number of nitrogens with two attached hydrogens (primary N) is 1. The highest BCUT2D eigenvalue weighted by atomic mass is 19.4. The summed E-state index contributed by atoms with van der Waals surface area (Å²) in [5.74, 6) is 6.19. The van der Waals surface area contributed by atoms with Gasteiger partial charge in [-0.2, -0.15) is 23.3 Å². The standard InChI is InChI=1S/C27H27F3N8.C2H6/c1-17-3-6-20(13-18(17)5-8-24-22-15-32-36-25(22)35-26(31)34-24)33-21-7-4-19(23(14-21)27(28,29)30)16-38-11-9-37(2)10-12-38;1-2/h3-4,6-7,13-15,33H,9-12,16H2,1-2H3,(H3,31,32,34,35,36);1-2H3. The van der Waals surface area contributed by atoms with Gasteiger partial charge in [0.05, 0.1) is 17.1 Å². The summed E-state index contributed by atoms with van der Waals surface area (Å²) in [5, 5.41) is 10.5. The maximum Gasteiger partial charge on any atom is 0.416 e. The third-order valence-electron chi connectivity index (χ3n) is 6.57. The Morgan fingerprint density at radius 3 is 2.42 bits per heavy atom. The first kappa shape index (κ1) is 28.9. The summed E-state index contributed by atoms with van der Waals surface area (Å²) in [6, 6.07) is 9.89. The van der Waals surface area contributed by atoms with Crippen molar-refractivity contribution in [1.29, 1.82) is 0 Å². The zero-order valence-corrected chi connectivity index (χ0v) is 23.0. The van der Waals surface area contributed by atoms with Crippen molar-refractivity contribution >= 4 is 28.4 Å². The highest BCUT2D eigenvalue weighted by molar-refractivity contribution is 5.81. The molecule has 0 spiro atoms. The van der Waals surface area contributed by atoms with E-state index in [1.165, 1.54) is 6.07 Å². The number of rotatable bonds is 4. The van der Waals surface area contributed by atoms with Crippen molar-refractivity contribution < 1.29 is 13.2 Å². The number of nitrogen functional groups attached to an aromatic ring is 1. The Hall–Kier alpha value is -4.14. The van der Waals surface area contributed by atoms with Crippen LogP contribution in [0.15, 0.2) is 42.6 Å². The van der Waals surface area contributed by atoms with Crippen molar-refractivity contribution in [3.8, 4) is 11.8 Å². The smallest absolute Gasteiger partial charge is 0.368 e. The molecular weight excluding hydrogens is 517 g/mol. The summed E-state index contributed by atoms with van der Waals surface area (Å²) in [7, 11) is 2.02. The molecule has 8 nitrogen and oxygen atoms in total. The number of benzene rings is 2. The molecule has 2 aromatic carbocycles. The first-order chi connectivity index (χ1) is 19.2. The first-order valence-corrected chi connectivity index (χ1v) is 13.1. The SMILES string of the molecule is CC.Cc1ccc(Nc2ccc(CN3CCN(C)CC3)c(C(F)(F)F)c2)cc1C#Cc1nc(N)nc2[nH]ncc12. The highest BCUT2D eigenvalue weighted by Gasteiger charge is 2.34. The van der Waals surface area contributed by atoms with Crippen molar-refractivity contribution in [2.45, 2.75) is 33.5 Å². The van der Waals surface area contributed by atoms with Crippen molar-refractivity contribution in [2.75, 3.05) is 44.3 Å². The molecular formula is C29H33F3N8. The number of likely N-dealkylation sites (N-methyl/N-ethyl adjacent to an activating group) is 1. The summed E-state index contributed by atoms with van der Waals surface area (Å²) < 4.78 is 41.9. The monoisotopic (exact) mass is 550 g/mol. The van der Waals surface area contributed by atoms with Gasteiger partial charge >= 0.3 is 6.18 Å². The zero-order valence-electron chi connectivity index (χ0n) is 23.0. The van der Waals surface area contributed by atoms with Crippen LogP contribution in [0.4, 0.5) is 30.5 Å². The minimum absolute atomic E-state index is 0.0785. The van der Waals surface area contributed by atoms with E-state index in [-0.39, 0.29) is 18.1 Å². The Morgan fingerprint density at radius 1 is 1.00 bits per heavy atom. The minimum Gasteiger partial charge on any atom is -0.368 e. The Morgan fingerprint density at radius 2 is 1.70 bits per heavy atom. The normalized spacial score (nSPS) is 14.3. The average molecular weight is 551 g/mol. The van der Waals surface area contributed by atoms with Crippen LogP contribution in [0.5, 0.6) is 0 Å². The molecule has 0 atom stereocenters. The van der Waals surface area contributed by atoms with Crippen LogP contribution >= 0.6 is 0 Å². The van der Waals surface area contributed by atoms with E-state index in [0.717, 1.165) is 31.7 Å². The van der Waals surface area contributed by atoms with Gasteiger partial charge in [0, 0.05) is 49.7 Å². The molecule has 11 heteroatoms. The molecule has 1 aliphatic heterocycles. The van der Waals surface area contributed by atoms with Crippen molar-refractivity contribution in [1.82, 2.24) is 30.0 Å². The number of fused-ring (bicyclic) bond motifs is 1. The molecule has 0 bridgehead atoms. The largest absolute Gasteiger partial charge is 0.416 e. The van der Waals surface area contributed by atoms with Gasteiger partial charge in [0.2, 0.25) is 5.95 Å². The number of hydrogen-bond acceptors (Lipinski definition) is 7. The van der Waals surface area contributed by atoms with Crippen LogP contribution in [-0.2, 0) is 12.7 Å². The van der Waals surface area contributed by atoms with Crippen LogP contribution in [0.25, 0.3) is 11.0 Å². The lowest BCUT2D eigenvalue weighted by molar-refractivity contribution is -0.138. The van der Waals surface area contributed by atoms with Crippen molar-refractivity contribution in [2.24, 2.45) is 0 Å². The third-order valence-corrected chi connectivity index (χ3v) is 6.57. The van der Waals surface area contributed by atoms with Gasteiger partial charge < -0.3 is 16.0 Å². The molecule has 0 radical (unpaired) electrons. The highest BCUT2D eigenvalue weighted by Crippen LogP contribution is 2.35. The number of hydrogen-bond donors (Lipinski definition) is 3. The molecule has 1 aliphatic rings. The number of piperazine rings is 1. The molecule has 40 heavy (non-hydrogen) atoms. The lowest BCUT2D eigenvalue weighted by Gasteiger charge is -2.33. The fourth-order valence-electron chi connectivity index (χ4n) is 4.38. The molecule has 0 unspecified atom stereocenters. The molecule has 0 amide bonds. The van der Waals surface area contributed by atoms with Gasteiger partial charge in [-0.25, -0.2) is 4.98 Å². The number of nitrogens with zero attached hydrogens (tertiary/aromatic N) is 5. The number of aromatic nitrogens is 4. The van der Waals surface area contributed by atoms with E-state index in [1.54, 1.807) is 24.4 Å². The lowest BCUT2D eigenvalue weighted by Crippen LogP contribution is -2.44. The average Bonchev–Trinajstić information content (AvgIpc) is 3.40. The number of nitrogens with one attached hydrogen (secondary N) is 2. The molecule has 4 aromatic rings. The summed E-state index contributed by atoms with van der Waals surface area (Å²) >= 11 is 0. The van der Waals surface area contributed by atoms with Crippen LogP contribution in [0.2, 0.25) is 0 Å². The molecule has 0 saturated carbocycles. The Kier molecular flexibility index (Phi) is 8.92. The zero-order chi connectivity index (χ0) is 28.9. The molecule has 3 heterocycles. The van der Waals surface area contributed by atoms with Crippen molar-refractivity contribution in [3.63, 3.8) is 0 Å². The van der Waals surface area contributed by atoms with Gasteiger partial charge in [-0.1, -0.05) is 31.9 Å². The van der Waals surface area contributed by atoms with E-state index in [0.29, 0.717) is 33.7 Å². The number of alkyl halides is 3. The van der Waals surface area contributed by atoms with E-state index < -0.39 is 11.7 Å². The second-order valence-electron chi connectivity index (χ2n) is 9.42. The molecule has 2 aromatic heterocycles. The van der Waals surface area contributed by atoms with Crippen LogP contribution in [-0.4, -0.2) is 63.2 Å². The van der Waals surface area contributed by atoms with E-state index in [2.05, 4.69) is 47.1 Å². The summed E-state index contributed by atoms with van der Waals surface area (Å²) in [4.78, 5) is 12.5. The maximum absolute atomic E-state index is 14.0. The van der Waals surface area contributed by atoms with Gasteiger partial charge in [0.15, 0.2) is 5.65 Å². The van der Waals surface area contributed by atoms with Crippen LogP contribution in [0.3, 0.4) is 0 Å². The molecule has 4 N–H and O–H groups in total. The number of anilines is 3. The number of halogens is 3. The van der Waals surface area contributed by atoms with Gasteiger partial charge in [-0.05, 0) is 55.3 Å². The minimum atomic E-state index is -4.46. The van der Waals surface area contributed by atoms with E-state index >= 15 is 0 Å². The predicted molar refractivity (Wildman–Crippen MR) is 152 cm³/mol. The van der Waals surface area contributed by atoms with Crippen LogP contribution in [0.1, 0.15) is 41.8 Å². The second-order valence-corrected chi connectivity index (χ2v) is 9.42. The summed E-state index contributed by atoms with van der Waals surface area (Å²) in [6.07, 6.45) is -2.88. The fourth-order valence-corrected chi connectivity index (χ4v) is 4.38. The molecule has 5 rings (SSSR count). The maximum atomic E-state index is 14.0. The summed E-state index contributed by atoms with van der Waals surface area (Å²) in [6.45, 7) is 9.35. The second kappa shape index (κ2) is 12.4. The van der Waals surface area contributed by atoms with E-state index in [9.17, 15) is 13.2 Å². The van der Waals surface area contributed by atoms with E-state index in [1.807, 2.05) is 40.0 Å². The van der Waals surface area contributed by atoms with Gasteiger partial charge in [0.25, 0.3) is 0 Å². The molecule has 1 saturated heterocycles. The van der Waals surface area contributed by atoms with Gasteiger partial charge in [-0.3, -0.25) is 10.00 Å². The van der Waals surface area contributed by atoms with Crippen LogP contribution in [0, 0.1) is 18.8 Å². The van der Waals surface area contributed by atoms with Gasteiger partial charge in [-0.15, -0.1) is 0 Å². The quantitative estimate of drug-likeness (QED) is 0.301. The molecule has 1 fully saturated rings. The molecule has 0 aliphatic carbocycles. The predicted octanol–water partition coefficient (Wildman–Crippen LogP) is 5.18. The lowest BCUT2D eigenvalue weighted by atomic mass is 10.0. The number of aryl methyl sites for hydroxylation is 1.